The van der Waals surface area contributed by atoms with Gasteiger partial charge in [0, 0.05) is 37.5 Å². The highest BCUT2D eigenvalue weighted by molar-refractivity contribution is 5.55. The van der Waals surface area contributed by atoms with Crippen molar-refractivity contribution in [2.45, 2.75) is 44.9 Å². The number of para-hydroxylation sites is 1. The van der Waals surface area contributed by atoms with Crippen LogP contribution in [-0.4, -0.2) is 31.3 Å². The van der Waals surface area contributed by atoms with Crippen molar-refractivity contribution in [1.82, 2.24) is 5.32 Å². The monoisotopic (exact) mass is 260 g/mol. The van der Waals surface area contributed by atoms with E-state index in [4.69, 9.17) is 4.74 Å². The van der Waals surface area contributed by atoms with Gasteiger partial charge in [0.25, 0.3) is 0 Å². The Bertz CT molecular complexity index is 438. The first-order chi connectivity index (χ1) is 9.14. The fourth-order valence-corrected chi connectivity index (χ4v) is 3.12. The molecule has 3 heteroatoms. The largest absolute Gasteiger partial charge is 0.376 e. The summed E-state index contributed by atoms with van der Waals surface area (Å²) in [4.78, 5) is 2.51. The lowest BCUT2D eigenvalue weighted by Crippen LogP contribution is -2.48. The third-order valence-electron chi connectivity index (χ3n) is 4.12. The number of benzene rings is 1. The first-order valence-corrected chi connectivity index (χ1v) is 7.33. The maximum Gasteiger partial charge on any atom is 0.0750 e. The molecule has 2 aliphatic rings. The molecule has 1 aromatic rings. The topological polar surface area (TPSA) is 24.5 Å². The van der Waals surface area contributed by atoms with Gasteiger partial charge in [-0.05, 0) is 38.3 Å². The lowest BCUT2D eigenvalue weighted by Gasteiger charge is -2.33. The quantitative estimate of drug-likeness (QED) is 0.884. The van der Waals surface area contributed by atoms with E-state index < -0.39 is 0 Å². The molecule has 1 unspecified atom stereocenters. The Morgan fingerprint density at radius 2 is 2.21 bits per heavy atom. The van der Waals surface area contributed by atoms with Crippen molar-refractivity contribution >= 4 is 5.69 Å². The summed E-state index contributed by atoms with van der Waals surface area (Å²) in [7, 11) is 0. The van der Waals surface area contributed by atoms with Crippen LogP contribution in [0.4, 0.5) is 5.69 Å². The van der Waals surface area contributed by atoms with E-state index in [-0.39, 0.29) is 5.54 Å². The Morgan fingerprint density at radius 1 is 1.37 bits per heavy atom. The number of fused-ring (bicyclic) bond motifs is 1. The molecule has 104 valence electrons. The van der Waals surface area contributed by atoms with Crippen LogP contribution < -0.4 is 10.2 Å². The van der Waals surface area contributed by atoms with Crippen molar-refractivity contribution in [3.05, 3.63) is 29.8 Å². The smallest absolute Gasteiger partial charge is 0.0750 e. The second kappa shape index (κ2) is 5.14. The Morgan fingerprint density at radius 3 is 3.00 bits per heavy atom. The van der Waals surface area contributed by atoms with Crippen molar-refractivity contribution in [1.29, 1.82) is 0 Å². The molecular weight excluding hydrogens is 236 g/mol. The summed E-state index contributed by atoms with van der Waals surface area (Å²) in [6.07, 6.45) is 2.82. The zero-order valence-electron chi connectivity index (χ0n) is 12.0. The average molecular weight is 260 g/mol. The molecule has 19 heavy (non-hydrogen) atoms. The number of nitrogens with zero attached hydrogens (tertiary/aromatic N) is 1. The van der Waals surface area contributed by atoms with Crippen LogP contribution in [0, 0.1) is 0 Å². The summed E-state index contributed by atoms with van der Waals surface area (Å²) in [6.45, 7) is 8.49. The molecular formula is C16H24N2O. The molecule has 3 nitrogen and oxygen atoms in total. The third-order valence-corrected chi connectivity index (χ3v) is 4.12. The molecule has 0 amide bonds. The summed E-state index contributed by atoms with van der Waals surface area (Å²) in [5.74, 6) is 0. The van der Waals surface area contributed by atoms with Crippen LogP contribution in [0.2, 0.25) is 0 Å². The predicted octanol–water partition coefficient (Wildman–Crippen LogP) is 2.55. The zero-order valence-corrected chi connectivity index (χ0v) is 12.0. The predicted molar refractivity (Wildman–Crippen MR) is 78.5 cm³/mol. The first kappa shape index (κ1) is 12.9. The van der Waals surface area contributed by atoms with Crippen molar-refractivity contribution < 1.29 is 4.74 Å². The number of hydrogen-bond acceptors (Lipinski definition) is 3. The highest BCUT2D eigenvalue weighted by atomic mass is 16.5. The highest BCUT2D eigenvalue weighted by Crippen LogP contribution is 2.27. The van der Waals surface area contributed by atoms with Crippen LogP contribution >= 0.6 is 0 Å². The number of anilines is 1. The zero-order chi connectivity index (χ0) is 13.3. The number of nitrogens with one attached hydrogen (secondary N) is 1. The molecule has 1 saturated heterocycles. The summed E-state index contributed by atoms with van der Waals surface area (Å²) in [5.41, 5.74) is 2.90. The molecule has 1 fully saturated rings. The van der Waals surface area contributed by atoms with Crippen molar-refractivity contribution in [2.75, 3.05) is 24.6 Å². The van der Waals surface area contributed by atoms with Crippen molar-refractivity contribution in [2.24, 2.45) is 0 Å². The Kier molecular flexibility index (Phi) is 3.50. The van der Waals surface area contributed by atoms with E-state index in [9.17, 15) is 0 Å². The molecule has 0 radical (unpaired) electrons. The number of rotatable bonds is 2. The van der Waals surface area contributed by atoms with Gasteiger partial charge in [-0.15, -0.1) is 0 Å². The second-order valence-corrected chi connectivity index (χ2v) is 6.38. The minimum Gasteiger partial charge on any atom is -0.376 e. The van der Waals surface area contributed by atoms with Gasteiger partial charge in [0.1, 0.15) is 0 Å². The maximum absolute atomic E-state index is 5.82. The molecule has 0 bridgehead atoms. The molecule has 0 spiro atoms. The Labute approximate surface area is 115 Å². The molecule has 3 rings (SSSR count). The molecule has 2 aliphatic heterocycles. The Balaban J connectivity index is 1.85. The van der Waals surface area contributed by atoms with Crippen molar-refractivity contribution in [3.8, 4) is 0 Å². The molecule has 2 heterocycles. The van der Waals surface area contributed by atoms with E-state index in [0.29, 0.717) is 6.10 Å². The first-order valence-electron chi connectivity index (χ1n) is 7.33. The van der Waals surface area contributed by atoms with Gasteiger partial charge in [0.2, 0.25) is 0 Å². The molecule has 1 aromatic carbocycles. The molecule has 1 N–H and O–H groups in total. The molecule has 0 aliphatic carbocycles. The van der Waals surface area contributed by atoms with Crippen LogP contribution in [-0.2, 0) is 11.3 Å². The summed E-state index contributed by atoms with van der Waals surface area (Å²) in [5, 5.41) is 3.65. The van der Waals surface area contributed by atoms with Gasteiger partial charge in [-0.2, -0.15) is 0 Å². The van der Waals surface area contributed by atoms with E-state index >= 15 is 0 Å². The molecule has 0 saturated carbocycles. The molecule has 0 aromatic heterocycles. The molecule has 1 atom stereocenters. The summed E-state index contributed by atoms with van der Waals surface area (Å²) < 4.78 is 5.82. The fourth-order valence-electron chi connectivity index (χ4n) is 3.12. The van der Waals surface area contributed by atoms with Crippen LogP contribution in [0.3, 0.4) is 0 Å². The van der Waals surface area contributed by atoms with Gasteiger partial charge in [-0.3, -0.25) is 0 Å². The van der Waals surface area contributed by atoms with Crippen LogP contribution in [0.5, 0.6) is 0 Å². The third kappa shape index (κ3) is 2.93. The van der Waals surface area contributed by atoms with Gasteiger partial charge < -0.3 is 15.0 Å². The van der Waals surface area contributed by atoms with Crippen molar-refractivity contribution in [3.63, 3.8) is 0 Å². The Hall–Kier alpha value is -1.06. The number of ether oxygens (including phenoxy) is 1. The summed E-state index contributed by atoms with van der Waals surface area (Å²) in [6, 6.07) is 8.74. The summed E-state index contributed by atoms with van der Waals surface area (Å²) >= 11 is 0. The standard InChI is InChI=1S/C16H24N2O/c1-16(2)12-18(11-14-7-5-9-19-14)15-8-4-3-6-13(15)10-17-16/h3-4,6,8,14,17H,5,7,9-12H2,1-2H3. The SMILES string of the molecule is CC1(C)CN(CC2CCCO2)c2ccccc2CN1. The van der Waals surface area contributed by atoms with Gasteiger partial charge in [0.05, 0.1) is 6.10 Å². The van der Waals surface area contributed by atoms with Gasteiger partial charge >= 0.3 is 0 Å². The minimum absolute atomic E-state index is 0.137. The number of hydrogen-bond donors (Lipinski definition) is 1. The average Bonchev–Trinajstić information content (AvgIpc) is 2.84. The lowest BCUT2D eigenvalue weighted by molar-refractivity contribution is 0.114. The van der Waals surface area contributed by atoms with E-state index in [1.807, 2.05) is 0 Å². The normalized spacial score (nSPS) is 26.0. The van der Waals surface area contributed by atoms with Crippen LogP contribution in [0.1, 0.15) is 32.3 Å². The second-order valence-electron chi connectivity index (χ2n) is 6.38. The van der Waals surface area contributed by atoms with E-state index in [0.717, 1.165) is 26.2 Å². The minimum atomic E-state index is 0.137. The highest BCUT2D eigenvalue weighted by Gasteiger charge is 2.29. The van der Waals surface area contributed by atoms with E-state index in [2.05, 4.69) is 48.3 Å². The van der Waals surface area contributed by atoms with Crippen LogP contribution in [0.15, 0.2) is 24.3 Å². The van der Waals surface area contributed by atoms with Gasteiger partial charge in [0.15, 0.2) is 0 Å². The van der Waals surface area contributed by atoms with Gasteiger partial charge in [-0.25, -0.2) is 0 Å². The fraction of sp³-hybridized carbons (Fsp3) is 0.625. The lowest BCUT2D eigenvalue weighted by atomic mass is 10.1. The van der Waals surface area contributed by atoms with E-state index in [1.54, 1.807) is 0 Å². The van der Waals surface area contributed by atoms with Crippen LogP contribution in [0.25, 0.3) is 0 Å². The van der Waals surface area contributed by atoms with E-state index in [1.165, 1.54) is 24.1 Å². The maximum atomic E-state index is 5.82. The van der Waals surface area contributed by atoms with Gasteiger partial charge in [-0.1, -0.05) is 18.2 Å².